The van der Waals surface area contributed by atoms with Gasteiger partial charge in [-0.2, -0.15) is 13.2 Å². The van der Waals surface area contributed by atoms with Crippen LogP contribution in [0.25, 0.3) is 22.0 Å². The number of halogens is 3. The Labute approximate surface area is 227 Å². The van der Waals surface area contributed by atoms with Crippen LogP contribution in [-0.4, -0.2) is 23.9 Å². The Morgan fingerprint density at radius 1 is 0.825 bits per heavy atom. The zero-order chi connectivity index (χ0) is 28.3. The molecule has 9 heteroatoms. The van der Waals surface area contributed by atoms with Crippen LogP contribution in [-0.2, 0) is 6.18 Å². The second-order valence-corrected chi connectivity index (χ2v) is 8.80. The van der Waals surface area contributed by atoms with Gasteiger partial charge in [0.2, 0.25) is 0 Å². The van der Waals surface area contributed by atoms with Gasteiger partial charge in [-0.3, -0.25) is 9.78 Å². The van der Waals surface area contributed by atoms with Gasteiger partial charge in [0.25, 0.3) is 0 Å². The van der Waals surface area contributed by atoms with E-state index in [-0.39, 0.29) is 22.0 Å². The number of hydrogen-bond donors (Lipinski definition) is 2. The average Bonchev–Trinajstić information content (AvgIpc) is 2.96. The van der Waals surface area contributed by atoms with Gasteiger partial charge in [0, 0.05) is 34.0 Å². The summed E-state index contributed by atoms with van der Waals surface area (Å²) in [5.41, 5.74) is 0.835. The van der Waals surface area contributed by atoms with Crippen molar-refractivity contribution < 1.29 is 27.5 Å². The second-order valence-electron chi connectivity index (χ2n) is 8.80. The number of carbonyl (C=O) groups is 2. The van der Waals surface area contributed by atoms with Gasteiger partial charge in [-0.1, -0.05) is 66.7 Å². The molecule has 5 rings (SSSR count). The summed E-state index contributed by atoms with van der Waals surface area (Å²) < 4.78 is 46.8. The average molecular weight is 542 g/mol. The number of amides is 2. The Balaban J connectivity index is 1.60. The summed E-state index contributed by atoms with van der Waals surface area (Å²) in [6, 6.07) is 25.0. The predicted octanol–water partition coefficient (Wildman–Crippen LogP) is 7.80. The van der Waals surface area contributed by atoms with E-state index in [0.717, 1.165) is 6.07 Å². The Morgan fingerprint density at radius 3 is 2.30 bits per heavy atom. The highest BCUT2D eigenvalue weighted by Crippen LogP contribution is 2.39. The van der Waals surface area contributed by atoms with Gasteiger partial charge in [0.15, 0.2) is 5.78 Å². The number of rotatable bonds is 6. The molecular formula is C31H22F3N3O3. The fourth-order valence-corrected chi connectivity index (χ4v) is 4.47. The number of para-hydroxylation sites is 3. The lowest BCUT2D eigenvalue weighted by Crippen LogP contribution is -2.19. The molecule has 2 amide bonds. The molecule has 0 fully saturated rings. The van der Waals surface area contributed by atoms with E-state index in [4.69, 9.17) is 4.74 Å². The molecule has 0 aliphatic rings. The first-order valence-corrected chi connectivity index (χ1v) is 12.2. The van der Waals surface area contributed by atoms with Crippen molar-refractivity contribution in [2.75, 3.05) is 17.7 Å². The topological polar surface area (TPSA) is 80.3 Å². The fraction of sp³-hybridized carbons (Fsp3) is 0.0645. The van der Waals surface area contributed by atoms with Crippen LogP contribution >= 0.6 is 0 Å². The van der Waals surface area contributed by atoms with Gasteiger partial charge >= 0.3 is 12.2 Å². The normalized spacial score (nSPS) is 11.2. The Kier molecular flexibility index (Phi) is 7.20. The van der Waals surface area contributed by atoms with E-state index < -0.39 is 23.6 Å². The Morgan fingerprint density at radius 2 is 1.55 bits per heavy atom. The minimum Gasteiger partial charge on any atom is -0.495 e. The van der Waals surface area contributed by atoms with Gasteiger partial charge < -0.3 is 15.4 Å². The number of ketones is 1. The summed E-state index contributed by atoms with van der Waals surface area (Å²) in [5, 5.41) is 5.60. The largest absolute Gasteiger partial charge is 0.495 e. The van der Waals surface area contributed by atoms with Crippen molar-refractivity contribution in [3.63, 3.8) is 0 Å². The van der Waals surface area contributed by atoms with Crippen LogP contribution in [0, 0.1) is 0 Å². The summed E-state index contributed by atoms with van der Waals surface area (Å²) in [6.07, 6.45) is -3.47. The zero-order valence-electron chi connectivity index (χ0n) is 21.1. The molecule has 6 nitrogen and oxygen atoms in total. The van der Waals surface area contributed by atoms with Crippen molar-refractivity contribution >= 4 is 34.1 Å². The molecule has 0 aliphatic heterocycles. The van der Waals surface area contributed by atoms with E-state index in [1.807, 2.05) is 0 Å². The highest BCUT2D eigenvalue weighted by atomic mass is 19.4. The Hall–Kier alpha value is -5.18. The number of urea groups is 1. The first kappa shape index (κ1) is 26.4. The van der Waals surface area contributed by atoms with Crippen molar-refractivity contribution in [1.29, 1.82) is 0 Å². The predicted molar refractivity (Wildman–Crippen MR) is 148 cm³/mol. The van der Waals surface area contributed by atoms with E-state index >= 15 is 0 Å². The first-order chi connectivity index (χ1) is 19.3. The number of aromatic nitrogens is 1. The SMILES string of the molecule is COc1ccccc1NC(=O)Nc1cccc(-c2c(C(=O)c3ccccc3)cnc3c(C(F)(F)F)cccc23)c1. The number of fused-ring (bicyclic) bond motifs is 1. The number of nitrogens with one attached hydrogen (secondary N) is 2. The fourth-order valence-electron chi connectivity index (χ4n) is 4.47. The number of ether oxygens (including phenoxy) is 1. The number of hydrogen-bond acceptors (Lipinski definition) is 4. The van der Waals surface area contributed by atoms with Crippen LogP contribution in [0.4, 0.5) is 29.3 Å². The lowest BCUT2D eigenvalue weighted by Gasteiger charge is -2.17. The smallest absolute Gasteiger partial charge is 0.418 e. The van der Waals surface area contributed by atoms with E-state index in [1.165, 1.54) is 25.4 Å². The van der Waals surface area contributed by atoms with Gasteiger partial charge in [0.1, 0.15) is 5.75 Å². The molecule has 0 radical (unpaired) electrons. The van der Waals surface area contributed by atoms with Gasteiger partial charge in [-0.15, -0.1) is 0 Å². The molecule has 0 saturated carbocycles. The standard InChI is InChI=1S/C31H22F3N3O3/c1-40-26-16-6-5-15-25(26)37-30(39)36-21-12-7-11-20(17-21)27-22-13-8-14-24(31(32,33)34)28(22)35-18-23(27)29(38)19-9-3-2-4-10-19/h2-18H,1H3,(H2,36,37,39). The van der Waals surface area contributed by atoms with Gasteiger partial charge in [-0.25, -0.2) is 4.79 Å². The van der Waals surface area contributed by atoms with Crippen molar-refractivity contribution in [3.8, 4) is 16.9 Å². The van der Waals surface area contributed by atoms with E-state index in [2.05, 4.69) is 15.6 Å². The lowest BCUT2D eigenvalue weighted by molar-refractivity contribution is -0.136. The maximum Gasteiger partial charge on any atom is 0.418 e. The third kappa shape index (κ3) is 5.35. The number of nitrogens with zero attached hydrogens (tertiary/aromatic N) is 1. The second kappa shape index (κ2) is 10.9. The maximum atomic E-state index is 13.8. The molecule has 1 aromatic heterocycles. The summed E-state index contributed by atoms with van der Waals surface area (Å²) in [5.74, 6) is 0.0777. The Bertz CT molecular complexity index is 1720. The zero-order valence-corrected chi connectivity index (χ0v) is 21.1. The number of anilines is 2. The minimum absolute atomic E-state index is 0.133. The number of methoxy groups -OCH3 is 1. The summed E-state index contributed by atoms with van der Waals surface area (Å²) >= 11 is 0. The molecule has 0 unspecified atom stereocenters. The van der Waals surface area contributed by atoms with Crippen LogP contribution in [0.3, 0.4) is 0 Å². The minimum atomic E-state index is -4.64. The highest BCUT2D eigenvalue weighted by Gasteiger charge is 2.34. The molecule has 2 N–H and O–H groups in total. The van der Waals surface area contributed by atoms with Crippen molar-refractivity contribution in [2.45, 2.75) is 6.18 Å². The molecule has 0 bridgehead atoms. The molecule has 5 aromatic rings. The van der Waals surface area contributed by atoms with Crippen LogP contribution in [0.1, 0.15) is 21.5 Å². The summed E-state index contributed by atoms with van der Waals surface area (Å²) in [6.45, 7) is 0. The molecule has 0 atom stereocenters. The van der Waals surface area contributed by atoms with Crippen molar-refractivity contribution in [1.82, 2.24) is 4.98 Å². The number of pyridine rings is 1. The third-order valence-corrected chi connectivity index (χ3v) is 6.25. The van der Waals surface area contributed by atoms with Crippen LogP contribution in [0.5, 0.6) is 5.75 Å². The monoisotopic (exact) mass is 541 g/mol. The number of benzene rings is 4. The van der Waals surface area contributed by atoms with E-state index in [0.29, 0.717) is 28.3 Å². The van der Waals surface area contributed by atoms with Crippen molar-refractivity contribution in [3.05, 3.63) is 120 Å². The lowest BCUT2D eigenvalue weighted by atomic mass is 9.91. The molecular weight excluding hydrogens is 519 g/mol. The molecule has 4 aromatic carbocycles. The van der Waals surface area contributed by atoms with E-state index in [1.54, 1.807) is 78.9 Å². The first-order valence-electron chi connectivity index (χ1n) is 12.2. The molecule has 0 aliphatic carbocycles. The van der Waals surface area contributed by atoms with Crippen LogP contribution < -0.4 is 15.4 Å². The van der Waals surface area contributed by atoms with Crippen LogP contribution in [0.2, 0.25) is 0 Å². The number of alkyl halides is 3. The van der Waals surface area contributed by atoms with Crippen molar-refractivity contribution in [2.24, 2.45) is 0 Å². The number of carbonyl (C=O) groups excluding carboxylic acids is 2. The molecule has 40 heavy (non-hydrogen) atoms. The molecule has 0 spiro atoms. The quantitative estimate of drug-likeness (QED) is 0.215. The molecule has 0 saturated heterocycles. The highest BCUT2D eigenvalue weighted by molar-refractivity contribution is 6.17. The molecule has 1 heterocycles. The third-order valence-electron chi connectivity index (χ3n) is 6.25. The van der Waals surface area contributed by atoms with E-state index in [9.17, 15) is 22.8 Å². The summed E-state index contributed by atoms with van der Waals surface area (Å²) in [4.78, 5) is 30.4. The summed E-state index contributed by atoms with van der Waals surface area (Å²) in [7, 11) is 1.49. The van der Waals surface area contributed by atoms with Gasteiger partial charge in [-0.05, 0) is 35.9 Å². The maximum absolute atomic E-state index is 13.8. The molecule has 200 valence electrons. The van der Waals surface area contributed by atoms with Gasteiger partial charge in [0.05, 0.1) is 23.9 Å². The van der Waals surface area contributed by atoms with Crippen LogP contribution in [0.15, 0.2) is 103 Å².